The molecule has 0 saturated carbocycles. The molecule has 2 aromatic carbocycles. The Kier molecular flexibility index (Phi) is 4.62. The third kappa shape index (κ3) is 3.74. The number of aromatic nitrogens is 4. The number of para-hydroxylation sites is 1. The number of benzene rings is 2. The molecule has 9 heteroatoms. The molecule has 0 bridgehead atoms. The molecule has 0 spiro atoms. The third-order valence-corrected chi connectivity index (χ3v) is 4.10. The number of rotatable bonds is 5. The van der Waals surface area contributed by atoms with E-state index in [-0.39, 0.29) is 11.4 Å². The van der Waals surface area contributed by atoms with Crippen molar-refractivity contribution in [3.63, 3.8) is 0 Å². The molecule has 4 rings (SSSR count). The maximum Gasteiger partial charge on any atom is 0.276 e. The van der Waals surface area contributed by atoms with Crippen molar-refractivity contribution >= 4 is 17.5 Å². The summed E-state index contributed by atoms with van der Waals surface area (Å²) in [5.41, 5.74) is 7.44. The number of hydrogen-bond acceptors (Lipinski definition) is 6. The summed E-state index contributed by atoms with van der Waals surface area (Å²) in [6.07, 6.45) is 0. The number of primary amides is 1. The van der Waals surface area contributed by atoms with Crippen LogP contribution in [-0.4, -0.2) is 31.7 Å². The summed E-state index contributed by atoms with van der Waals surface area (Å²) in [4.78, 5) is 28.7. The highest BCUT2D eigenvalue weighted by atomic mass is 16.5. The van der Waals surface area contributed by atoms with Crippen LogP contribution in [0, 0.1) is 6.92 Å². The van der Waals surface area contributed by atoms with E-state index >= 15 is 0 Å². The Hall–Kier alpha value is -4.27. The first-order valence-electron chi connectivity index (χ1n) is 8.68. The second kappa shape index (κ2) is 7.39. The van der Waals surface area contributed by atoms with Crippen LogP contribution in [-0.2, 0) is 0 Å². The summed E-state index contributed by atoms with van der Waals surface area (Å²) >= 11 is 0. The Bertz CT molecular complexity index is 1200. The van der Waals surface area contributed by atoms with Gasteiger partial charge in [-0.05, 0) is 24.3 Å². The van der Waals surface area contributed by atoms with E-state index in [0.717, 1.165) is 0 Å². The fourth-order valence-electron chi connectivity index (χ4n) is 2.78. The molecule has 9 nitrogen and oxygen atoms in total. The van der Waals surface area contributed by atoms with Crippen LogP contribution in [0.25, 0.3) is 17.1 Å². The van der Waals surface area contributed by atoms with E-state index in [1.807, 2.05) is 6.07 Å². The highest BCUT2D eigenvalue weighted by molar-refractivity contribution is 6.05. The van der Waals surface area contributed by atoms with E-state index < -0.39 is 11.8 Å². The van der Waals surface area contributed by atoms with Crippen LogP contribution >= 0.6 is 0 Å². The minimum Gasteiger partial charge on any atom is -0.364 e. The van der Waals surface area contributed by atoms with Gasteiger partial charge in [-0.15, -0.1) is 0 Å². The minimum atomic E-state index is -0.685. The van der Waals surface area contributed by atoms with Crippen molar-refractivity contribution in [1.82, 2.24) is 19.9 Å². The molecule has 2 aromatic heterocycles. The third-order valence-electron chi connectivity index (χ3n) is 4.10. The van der Waals surface area contributed by atoms with Gasteiger partial charge in [0.2, 0.25) is 11.7 Å². The molecule has 2 heterocycles. The average Bonchev–Trinajstić information content (AvgIpc) is 3.36. The predicted octanol–water partition coefficient (Wildman–Crippen LogP) is 2.58. The number of carbonyl (C=O) groups is 2. The van der Waals surface area contributed by atoms with Crippen molar-refractivity contribution in [2.75, 3.05) is 5.32 Å². The number of nitrogens with one attached hydrogen (secondary N) is 1. The molecule has 0 aliphatic carbocycles. The lowest BCUT2D eigenvalue weighted by Gasteiger charge is -2.05. The molecule has 0 unspecified atom stereocenters. The molecule has 144 valence electrons. The minimum absolute atomic E-state index is 0.0588. The van der Waals surface area contributed by atoms with Gasteiger partial charge in [-0.1, -0.05) is 35.5 Å². The fraction of sp³-hybridized carbons (Fsp3) is 0.0500. The number of hydrogen-bond donors (Lipinski definition) is 2. The normalized spacial score (nSPS) is 10.7. The molecule has 4 aromatic rings. The Balaban J connectivity index is 1.62. The number of amides is 2. The summed E-state index contributed by atoms with van der Waals surface area (Å²) in [5.74, 6) is -0.304. The van der Waals surface area contributed by atoms with E-state index in [0.29, 0.717) is 28.7 Å². The monoisotopic (exact) mass is 388 g/mol. The fourth-order valence-corrected chi connectivity index (χ4v) is 2.78. The number of aryl methyl sites for hydroxylation is 1. The summed E-state index contributed by atoms with van der Waals surface area (Å²) in [5, 5.41) is 10.9. The SMILES string of the molecule is Cc1nc(-c2cccc(NC(=O)c3cc(C(N)=O)n(-c4ccccc4)n3)c2)no1. The number of anilines is 1. The molecular formula is C20H16N6O3. The van der Waals surface area contributed by atoms with Crippen molar-refractivity contribution in [3.05, 3.63) is 77.9 Å². The van der Waals surface area contributed by atoms with E-state index in [9.17, 15) is 9.59 Å². The highest BCUT2D eigenvalue weighted by Gasteiger charge is 2.19. The van der Waals surface area contributed by atoms with Crippen LogP contribution in [0.15, 0.2) is 65.2 Å². The lowest BCUT2D eigenvalue weighted by Crippen LogP contribution is -2.16. The van der Waals surface area contributed by atoms with Gasteiger partial charge in [0.05, 0.1) is 5.69 Å². The largest absolute Gasteiger partial charge is 0.364 e. The number of nitrogens with zero attached hydrogens (tertiary/aromatic N) is 4. The quantitative estimate of drug-likeness (QED) is 0.541. The first kappa shape index (κ1) is 18.1. The molecule has 0 atom stereocenters. The first-order chi connectivity index (χ1) is 14.0. The van der Waals surface area contributed by atoms with E-state index in [2.05, 4.69) is 20.6 Å². The molecular weight excluding hydrogens is 372 g/mol. The molecule has 3 N–H and O–H groups in total. The molecule has 2 amide bonds. The lowest BCUT2D eigenvalue weighted by molar-refractivity contribution is 0.0991. The van der Waals surface area contributed by atoms with Gasteiger partial charge in [-0.2, -0.15) is 10.1 Å². The topological polar surface area (TPSA) is 129 Å². The van der Waals surface area contributed by atoms with Gasteiger partial charge in [0.1, 0.15) is 5.69 Å². The molecule has 0 saturated heterocycles. The van der Waals surface area contributed by atoms with Crippen molar-refractivity contribution in [1.29, 1.82) is 0 Å². The van der Waals surface area contributed by atoms with E-state index in [1.54, 1.807) is 55.5 Å². The van der Waals surface area contributed by atoms with Gasteiger partial charge in [-0.3, -0.25) is 9.59 Å². The average molecular weight is 388 g/mol. The Labute approximate surface area is 165 Å². The van der Waals surface area contributed by atoms with Crippen molar-refractivity contribution in [2.45, 2.75) is 6.92 Å². The summed E-state index contributed by atoms with van der Waals surface area (Å²) < 4.78 is 6.33. The second-order valence-corrected chi connectivity index (χ2v) is 6.20. The highest BCUT2D eigenvalue weighted by Crippen LogP contribution is 2.21. The zero-order valence-corrected chi connectivity index (χ0v) is 15.4. The van der Waals surface area contributed by atoms with Gasteiger partial charge in [0.15, 0.2) is 5.69 Å². The smallest absolute Gasteiger partial charge is 0.276 e. The Morgan fingerprint density at radius 3 is 2.55 bits per heavy atom. The van der Waals surface area contributed by atoms with Crippen molar-refractivity contribution in [2.24, 2.45) is 5.73 Å². The molecule has 0 fully saturated rings. The van der Waals surface area contributed by atoms with Crippen LogP contribution in [0.5, 0.6) is 0 Å². The number of nitrogens with two attached hydrogens (primary N) is 1. The Morgan fingerprint density at radius 1 is 1.07 bits per heavy atom. The van der Waals surface area contributed by atoms with Gasteiger partial charge >= 0.3 is 0 Å². The molecule has 0 radical (unpaired) electrons. The van der Waals surface area contributed by atoms with Gasteiger partial charge in [0.25, 0.3) is 11.8 Å². The van der Waals surface area contributed by atoms with Gasteiger partial charge in [-0.25, -0.2) is 4.68 Å². The molecule has 0 aliphatic rings. The van der Waals surface area contributed by atoms with E-state index in [1.165, 1.54) is 10.7 Å². The maximum atomic E-state index is 12.7. The Morgan fingerprint density at radius 2 is 1.86 bits per heavy atom. The molecule has 29 heavy (non-hydrogen) atoms. The summed E-state index contributed by atoms with van der Waals surface area (Å²) in [6, 6.07) is 17.3. The van der Waals surface area contributed by atoms with Crippen molar-refractivity contribution < 1.29 is 14.1 Å². The zero-order valence-electron chi connectivity index (χ0n) is 15.4. The van der Waals surface area contributed by atoms with Crippen LogP contribution in [0.1, 0.15) is 26.9 Å². The number of carbonyl (C=O) groups excluding carboxylic acids is 2. The first-order valence-corrected chi connectivity index (χ1v) is 8.68. The maximum absolute atomic E-state index is 12.7. The summed E-state index contributed by atoms with van der Waals surface area (Å²) in [7, 11) is 0. The van der Waals surface area contributed by atoms with Crippen molar-refractivity contribution in [3.8, 4) is 17.1 Å². The van der Waals surface area contributed by atoms with Gasteiger partial charge in [0, 0.05) is 24.2 Å². The van der Waals surface area contributed by atoms with Crippen LogP contribution < -0.4 is 11.1 Å². The molecule has 0 aliphatic heterocycles. The lowest BCUT2D eigenvalue weighted by atomic mass is 10.2. The van der Waals surface area contributed by atoms with E-state index in [4.69, 9.17) is 10.3 Å². The standard InChI is InChI=1S/C20H16N6O3/c1-12-22-19(25-29-12)13-6-5-7-14(10-13)23-20(28)16-11-17(18(21)27)26(24-16)15-8-3-2-4-9-15/h2-11H,1H3,(H2,21,27)(H,23,28). The zero-order chi connectivity index (χ0) is 20.4. The van der Waals surface area contributed by atoms with Gasteiger partial charge < -0.3 is 15.6 Å². The van der Waals surface area contributed by atoms with Crippen LogP contribution in [0.3, 0.4) is 0 Å². The summed E-state index contributed by atoms with van der Waals surface area (Å²) in [6.45, 7) is 1.70. The van der Waals surface area contributed by atoms with Crippen LogP contribution in [0.4, 0.5) is 5.69 Å². The van der Waals surface area contributed by atoms with Crippen LogP contribution in [0.2, 0.25) is 0 Å². The second-order valence-electron chi connectivity index (χ2n) is 6.20. The predicted molar refractivity (Wildman–Crippen MR) is 105 cm³/mol.